The number of carbonyl (C=O) groups excluding carboxylic acids is 2. The Morgan fingerprint density at radius 2 is 2.29 bits per heavy atom. The summed E-state index contributed by atoms with van der Waals surface area (Å²) in [7, 11) is 0.627. The number of carbonyl (C=O) groups is 2. The number of para-hydroxylation sites is 1. The fourth-order valence-corrected chi connectivity index (χ4v) is 2.37. The van der Waals surface area contributed by atoms with Gasteiger partial charge in [0.25, 0.3) is 0 Å². The number of nitrogens with two attached hydrogens (primary N) is 1. The summed E-state index contributed by atoms with van der Waals surface area (Å²) in [6.45, 7) is 1.94. The number of fused-ring (bicyclic) bond motifs is 1. The molecule has 112 valence electrons. The summed E-state index contributed by atoms with van der Waals surface area (Å²) in [6.07, 6.45) is 1.76. The van der Waals surface area contributed by atoms with Crippen LogP contribution in [-0.2, 0) is 16.0 Å². The van der Waals surface area contributed by atoms with Gasteiger partial charge in [0, 0.05) is 6.42 Å². The molecule has 1 aliphatic rings. The van der Waals surface area contributed by atoms with Crippen molar-refractivity contribution in [3.8, 4) is 5.75 Å². The molecule has 2 rings (SSSR count). The van der Waals surface area contributed by atoms with E-state index in [0.717, 1.165) is 12.0 Å². The van der Waals surface area contributed by atoms with E-state index in [1.54, 1.807) is 12.1 Å². The molecule has 7 heteroatoms. The second-order valence-electron chi connectivity index (χ2n) is 5.00. The smallest absolute Gasteiger partial charge is 0.467 e. The number of nitrogens with one attached hydrogen (secondary N) is 1. The molecule has 0 saturated heterocycles. The first-order valence-corrected chi connectivity index (χ1v) is 6.98. The van der Waals surface area contributed by atoms with Crippen LogP contribution in [0.5, 0.6) is 5.75 Å². The minimum atomic E-state index is -0.691. The van der Waals surface area contributed by atoms with Crippen molar-refractivity contribution in [1.29, 1.82) is 0 Å². The van der Waals surface area contributed by atoms with E-state index in [2.05, 4.69) is 5.32 Å². The highest BCUT2D eigenvalue weighted by Gasteiger charge is 2.35. The van der Waals surface area contributed by atoms with Crippen molar-refractivity contribution in [1.82, 2.24) is 5.32 Å². The standard InChI is InChI=1S/C14H19BN2O4/c1-3-5-12(18)17-11-8-9-6-4-7-10(14(19)20-2)13(9)21-15(11)16/h4,6-7,11H,3,5,8,16H2,1-2H3,(H,17,18)/t11-/m0/s1. The summed E-state index contributed by atoms with van der Waals surface area (Å²) < 4.78 is 10.4. The molecule has 1 aromatic carbocycles. The van der Waals surface area contributed by atoms with Gasteiger partial charge in [0.2, 0.25) is 5.91 Å². The fraction of sp³-hybridized carbons (Fsp3) is 0.429. The van der Waals surface area contributed by atoms with Crippen molar-refractivity contribution >= 4 is 18.9 Å². The van der Waals surface area contributed by atoms with Gasteiger partial charge in [-0.3, -0.25) is 4.79 Å². The number of methoxy groups -OCH3 is 1. The van der Waals surface area contributed by atoms with Crippen LogP contribution < -0.4 is 15.6 Å². The van der Waals surface area contributed by atoms with E-state index >= 15 is 0 Å². The molecule has 1 amide bonds. The lowest BCUT2D eigenvalue weighted by Crippen LogP contribution is -2.58. The number of benzene rings is 1. The van der Waals surface area contributed by atoms with Crippen LogP contribution >= 0.6 is 0 Å². The molecular weight excluding hydrogens is 271 g/mol. The Bertz CT molecular complexity index is 550. The molecule has 1 aliphatic heterocycles. The number of hydrogen-bond donors (Lipinski definition) is 2. The van der Waals surface area contributed by atoms with E-state index in [-0.39, 0.29) is 11.8 Å². The van der Waals surface area contributed by atoms with Gasteiger partial charge in [0.15, 0.2) is 0 Å². The highest BCUT2D eigenvalue weighted by Crippen LogP contribution is 2.30. The first-order valence-electron chi connectivity index (χ1n) is 6.98. The average molecular weight is 290 g/mol. The van der Waals surface area contributed by atoms with Crippen LogP contribution in [0.25, 0.3) is 0 Å². The first-order chi connectivity index (χ1) is 10.1. The number of hydrogen-bond acceptors (Lipinski definition) is 5. The van der Waals surface area contributed by atoms with Gasteiger partial charge in [-0.1, -0.05) is 19.1 Å². The molecule has 1 atom stereocenters. The molecule has 3 N–H and O–H groups in total. The lowest BCUT2D eigenvalue weighted by molar-refractivity contribution is -0.121. The largest absolute Gasteiger partial charge is 0.544 e. The molecule has 1 heterocycles. The van der Waals surface area contributed by atoms with Crippen molar-refractivity contribution < 1.29 is 19.0 Å². The van der Waals surface area contributed by atoms with Crippen LogP contribution in [-0.4, -0.2) is 32.0 Å². The third-order valence-corrected chi connectivity index (χ3v) is 3.42. The monoisotopic (exact) mass is 290 g/mol. The highest BCUT2D eigenvalue weighted by atomic mass is 16.5. The predicted molar refractivity (Wildman–Crippen MR) is 78.9 cm³/mol. The molecule has 0 unspecified atom stereocenters. The Kier molecular flexibility index (Phi) is 4.85. The van der Waals surface area contributed by atoms with Crippen molar-refractivity contribution in [2.45, 2.75) is 32.1 Å². The van der Waals surface area contributed by atoms with Crippen LogP contribution in [0.3, 0.4) is 0 Å². The van der Waals surface area contributed by atoms with Gasteiger partial charge in [0.1, 0.15) is 11.3 Å². The summed E-state index contributed by atoms with van der Waals surface area (Å²) in [5, 5.41) is 2.87. The van der Waals surface area contributed by atoms with E-state index in [9.17, 15) is 9.59 Å². The third kappa shape index (κ3) is 3.36. The molecular formula is C14H19BN2O4. The van der Waals surface area contributed by atoms with Crippen LogP contribution in [0.15, 0.2) is 18.2 Å². The van der Waals surface area contributed by atoms with Crippen LogP contribution in [0.2, 0.25) is 0 Å². The first kappa shape index (κ1) is 15.4. The predicted octanol–water partition coefficient (Wildman–Crippen LogP) is 0.679. The lowest BCUT2D eigenvalue weighted by atomic mass is 9.68. The van der Waals surface area contributed by atoms with Gasteiger partial charge in [-0.25, -0.2) is 4.79 Å². The number of rotatable bonds is 4. The maximum Gasteiger partial charge on any atom is 0.467 e. The van der Waals surface area contributed by atoms with Crippen LogP contribution in [0, 0.1) is 0 Å². The van der Waals surface area contributed by atoms with Gasteiger partial charge in [-0.15, -0.1) is 0 Å². The summed E-state index contributed by atoms with van der Waals surface area (Å²) in [4.78, 5) is 23.4. The van der Waals surface area contributed by atoms with Crippen LogP contribution in [0.4, 0.5) is 0 Å². The maximum absolute atomic E-state index is 11.7. The van der Waals surface area contributed by atoms with E-state index < -0.39 is 13.0 Å². The molecule has 0 aromatic heterocycles. The fourth-order valence-electron chi connectivity index (χ4n) is 2.37. The maximum atomic E-state index is 11.7. The Morgan fingerprint density at radius 3 is 2.95 bits per heavy atom. The molecule has 0 fully saturated rings. The Labute approximate surface area is 124 Å². The van der Waals surface area contributed by atoms with Gasteiger partial charge in [-0.2, -0.15) is 0 Å². The topological polar surface area (TPSA) is 90.7 Å². The zero-order valence-corrected chi connectivity index (χ0v) is 12.2. The minimum absolute atomic E-state index is 0.0471. The van der Waals surface area contributed by atoms with E-state index in [4.69, 9.17) is 15.0 Å². The quantitative estimate of drug-likeness (QED) is 0.628. The summed E-state index contributed by atoms with van der Waals surface area (Å²) in [5.74, 6) is -0.371. The van der Waals surface area contributed by atoms with E-state index in [1.165, 1.54) is 7.11 Å². The molecule has 0 spiro atoms. The molecule has 0 saturated carbocycles. The Hall–Kier alpha value is -2.02. The summed E-state index contributed by atoms with van der Waals surface area (Å²) in [5.41, 5.74) is 7.15. The lowest BCUT2D eigenvalue weighted by Gasteiger charge is -2.30. The normalized spacial score (nSPS) is 16.7. The number of amides is 1. The van der Waals surface area contributed by atoms with Crippen molar-refractivity contribution in [2.24, 2.45) is 5.64 Å². The second-order valence-corrected chi connectivity index (χ2v) is 5.00. The van der Waals surface area contributed by atoms with Gasteiger partial charge < -0.3 is 20.4 Å². The molecule has 0 aliphatic carbocycles. The van der Waals surface area contributed by atoms with Crippen molar-refractivity contribution in [3.63, 3.8) is 0 Å². The van der Waals surface area contributed by atoms with Gasteiger partial charge >= 0.3 is 13.0 Å². The van der Waals surface area contributed by atoms with Gasteiger partial charge in [0.05, 0.1) is 13.1 Å². The highest BCUT2D eigenvalue weighted by molar-refractivity contribution is 6.51. The average Bonchev–Trinajstić information content (AvgIpc) is 2.47. The Morgan fingerprint density at radius 1 is 1.52 bits per heavy atom. The summed E-state index contributed by atoms with van der Waals surface area (Å²) in [6, 6.07) is 5.25. The zero-order chi connectivity index (χ0) is 15.4. The van der Waals surface area contributed by atoms with Crippen molar-refractivity contribution in [2.75, 3.05) is 7.11 Å². The second kappa shape index (κ2) is 6.63. The van der Waals surface area contributed by atoms with E-state index in [0.29, 0.717) is 24.2 Å². The molecule has 1 aromatic rings. The molecule has 0 radical (unpaired) electrons. The SMILES string of the molecule is CCCC(=O)N[C@H]1Cc2cccc(C(=O)OC)c2OB1N. The van der Waals surface area contributed by atoms with Crippen LogP contribution in [0.1, 0.15) is 35.7 Å². The Balaban J connectivity index is 2.20. The molecule has 6 nitrogen and oxygen atoms in total. The summed E-state index contributed by atoms with van der Waals surface area (Å²) >= 11 is 0. The molecule has 0 bridgehead atoms. The minimum Gasteiger partial charge on any atom is -0.544 e. The third-order valence-electron chi connectivity index (χ3n) is 3.42. The van der Waals surface area contributed by atoms with Crippen molar-refractivity contribution in [3.05, 3.63) is 29.3 Å². The van der Waals surface area contributed by atoms with Gasteiger partial charge in [-0.05, 0) is 24.5 Å². The molecule has 21 heavy (non-hydrogen) atoms. The van der Waals surface area contributed by atoms with E-state index in [1.807, 2.05) is 13.0 Å². The number of ether oxygens (including phenoxy) is 1. The number of esters is 1. The zero-order valence-electron chi connectivity index (χ0n) is 12.2.